The smallest absolute Gasteiger partial charge is 0.217 e. The molecule has 0 saturated heterocycles. The number of phenols is 1. The van der Waals surface area contributed by atoms with Gasteiger partial charge in [0.2, 0.25) is 5.69 Å². The van der Waals surface area contributed by atoms with Gasteiger partial charge in [0.05, 0.1) is 10.8 Å². The molecule has 0 spiro atoms. The standard InChI is InChI=1S/C30H34N2O/c1-6-9-20-30(4)26-18-15-22-12-10-11-13-25(22)29(26)31(5)28(30)19-16-23-14-17-24(21-27(23)33)32(7-2)8-3/h6,9-19,21H,7-8,20H2,1-5H3/p+1. The van der Waals surface area contributed by atoms with Crippen LogP contribution in [0.15, 0.2) is 72.8 Å². The average Bonchev–Trinajstić information content (AvgIpc) is 3.04. The predicted octanol–water partition coefficient (Wildman–Crippen LogP) is 7.06. The minimum atomic E-state index is -0.145. The lowest BCUT2D eigenvalue weighted by Gasteiger charge is -2.21. The lowest BCUT2D eigenvalue weighted by atomic mass is 9.76. The van der Waals surface area contributed by atoms with E-state index in [0.717, 1.165) is 30.8 Å². The molecule has 0 bridgehead atoms. The molecule has 0 radical (unpaired) electrons. The van der Waals surface area contributed by atoms with Crippen LogP contribution < -0.4 is 4.90 Å². The monoisotopic (exact) mass is 439 g/mol. The van der Waals surface area contributed by atoms with Crippen LogP contribution in [0.3, 0.4) is 0 Å². The molecular formula is C30H35N2O+. The predicted molar refractivity (Wildman–Crippen MR) is 142 cm³/mol. The third-order valence-electron chi connectivity index (χ3n) is 7.08. The Morgan fingerprint density at radius 1 is 1.00 bits per heavy atom. The fourth-order valence-electron chi connectivity index (χ4n) is 5.18. The topological polar surface area (TPSA) is 26.5 Å². The van der Waals surface area contributed by atoms with Gasteiger partial charge < -0.3 is 10.0 Å². The molecule has 0 aliphatic carbocycles. The third kappa shape index (κ3) is 3.97. The van der Waals surface area contributed by atoms with Crippen molar-refractivity contribution in [3.8, 4) is 5.75 Å². The molecule has 1 heterocycles. The van der Waals surface area contributed by atoms with E-state index in [1.165, 1.54) is 27.7 Å². The van der Waals surface area contributed by atoms with E-state index in [1.807, 2.05) is 12.1 Å². The van der Waals surface area contributed by atoms with Gasteiger partial charge in [-0.05, 0) is 63.8 Å². The van der Waals surface area contributed by atoms with E-state index in [-0.39, 0.29) is 5.41 Å². The summed E-state index contributed by atoms with van der Waals surface area (Å²) < 4.78 is 2.33. The van der Waals surface area contributed by atoms with Crippen LogP contribution in [-0.4, -0.2) is 35.5 Å². The van der Waals surface area contributed by atoms with Crippen molar-refractivity contribution in [2.24, 2.45) is 0 Å². The number of anilines is 1. The highest BCUT2D eigenvalue weighted by Crippen LogP contribution is 2.46. The molecule has 3 aromatic carbocycles. The number of allylic oxidation sites excluding steroid dienone is 3. The number of aromatic hydroxyl groups is 1. The van der Waals surface area contributed by atoms with Gasteiger partial charge >= 0.3 is 0 Å². The molecule has 33 heavy (non-hydrogen) atoms. The molecule has 1 aliphatic heterocycles. The molecule has 4 rings (SSSR count). The number of hydrogen-bond acceptors (Lipinski definition) is 2. The summed E-state index contributed by atoms with van der Waals surface area (Å²) in [5.41, 5.74) is 5.61. The number of rotatable bonds is 7. The van der Waals surface area contributed by atoms with Gasteiger partial charge in [-0.25, -0.2) is 0 Å². The minimum Gasteiger partial charge on any atom is -0.507 e. The van der Waals surface area contributed by atoms with Crippen LogP contribution in [0.1, 0.15) is 45.2 Å². The molecule has 3 aromatic rings. The van der Waals surface area contributed by atoms with Gasteiger partial charge in [0.1, 0.15) is 12.8 Å². The first-order valence-corrected chi connectivity index (χ1v) is 11.9. The molecule has 1 aliphatic rings. The van der Waals surface area contributed by atoms with Crippen LogP contribution in [0, 0.1) is 0 Å². The van der Waals surface area contributed by atoms with Crippen molar-refractivity contribution in [2.75, 3.05) is 25.0 Å². The molecule has 0 aromatic heterocycles. The first kappa shape index (κ1) is 22.8. The summed E-state index contributed by atoms with van der Waals surface area (Å²) in [6.45, 7) is 10.5. The van der Waals surface area contributed by atoms with Crippen LogP contribution in [0.2, 0.25) is 0 Å². The highest BCUT2D eigenvalue weighted by atomic mass is 16.3. The van der Waals surface area contributed by atoms with Crippen molar-refractivity contribution >= 4 is 33.9 Å². The van der Waals surface area contributed by atoms with Gasteiger partial charge in [-0.2, -0.15) is 4.58 Å². The van der Waals surface area contributed by atoms with Crippen LogP contribution in [0.5, 0.6) is 5.75 Å². The Hall–Kier alpha value is -3.33. The second kappa shape index (κ2) is 9.27. The van der Waals surface area contributed by atoms with Crippen LogP contribution in [0.25, 0.3) is 16.8 Å². The van der Waals surface area contributed by atoms with Crippen molar-refractivity contribution in [1.29, 1.82) is 0 Å². The summed E-state index contributed by atoms with van der Waals surface area (Å²) in [6, 6.07) is 19.1. The Morgan fingerprint density at radius 3 is 2.45 bits per heavy atom. The molecule has 0 saturated carbocycles. The van der Waals surface area contributed by atoms with Crippen molar-refractivity contribution in [3.63, 3.8) is 0 Å². The summed E-state index contributed by atoms with van der Waals surface area (Å²) in [5, 5.41) is 13.3. The number of benzene rings is 3. The lowest BCUT2D eigenvalue weighted by molar-refractivity contribution is -0.399. The molecule has 0 fully saturated rings. The summed E-state index contributed by atoms with van der Waals surface area (Å²) in [6.07, 6.45) is 9.54. The van der Waals surface area contributed by atoms with Gasteiger partial charge in [0.15, 0.2) is 5.71 Å². The lowest BCUT2D eigenvalue weighted by Crippen LogP contribution is -2.30. The van der Waals surface area contributed by atoms with Gasteiger partial charge in [0, 0.05) is 42.0 Å². The third-order valence-corrected chi connectivity index (χ3v) is 7.08. The van der Waals surface area contributed by atoms with Gasteiger partial charge in [-0.3, -0.25) is 0 Å². The molecule has 3 nitrogen and oxygen atoms in total. The summed E-state index contributed by atoms with van der Waals surface area (Å²) in [4.78, 5) is 2.24. The SMILES string of the molecule is CC=CCC1(C)C(C=Cc2ccc(N(CC)CC)cc2O)=[N+](C)c2c1ccc1ccccc21. The Kier molecular flexibility index (Phi) is 6.42. The second-order valence-electron chi connectivity index (χ2n) is 8.98. The maximum atomic E-state index is 10.7. The zero-order valence-corrected chi connectivity index (χ0v) is 20.5. The minimum absolute atomic E-state index is 0.145. The fourth-order valence-corrected chi connectivity index (χ4v) is 5.18. The highest BCUT2D eigenvalue weighted by molar-refractivity contribution is 6.09. The normalized spacial score (nSPS) is 18.1. The molecule has 1 N–H and O–H groups in total. The van der Waals surface area contributed by atoms with E-state index in [9.17, 15) is 5.11 Å². The fraction of sp³-hybridized carbons (Fsp3) is 0.300. The van der Waals surface area contributed by atoms with Crippen molar-refractivity contribution in [2.45, 2.75) is 39.5 Å². The quantitative estimate of drug-likeness (QED) is 0.315. The summed E-state index contributed by atoms with van der Waals surface area (Å²) in [7, 11) is 2.16. The van der Waals surface area contributed by atoms with Gasteiger partial charge in [0.25, 0.3) is 0 Å². The Bertz CT molecular complexity index is 1260. The molecule has 0 amide bonds. The Morgan fingerprint density at radius 2 is 1.76 bits per heavy atom. The zero-order valence-electron chi connectivity index (χ0n) is 20.5. The highest BCUT2D eigenvalue weighted by Gasteiger charge is 2.46. The molecular weight excluding hydrogens is 404 g/mol. The molecule has 1 atom stereocenters. The zero-order chi connectivity index (χ0) is 23.6. The Balaban J connectivity index is 1.80. The maximum Gasteiger partial charge on any atom is 0.217 e. The number of hydrogen-bond donors (Lipinski definition) is 1. The molecule has 3 heteroatoms. The van der Waals surface area contributed by atoms with E-state index in [2.05, 4.69) is 111 Å². The largest absolute Gasteiger partial charge is 0.507 e. The molecule has 170 valence electrons. The van der Waals surface area contributed by atoms with Gasteiger partial charge in [-0.1, -0.05) is 42.5 Å². The summed E-state index contributed by atoms with van der Waals surface area (Å²) >= 11 is 0. The van der Waals surface area contributed by atoms with Crippen molar-refractivity contribution in [1.82, 2.24) is 0 Å². The van der Waals surface area contributed by atoms with E-state index >= 15 is 0 Å². The van der Waals surface area contributed by atoms with Crippen LogP contribution in [0.4, 0.5) is 11.4 Å². The number of phenolic OH excluding ortho intramolecular Hbond substituents is 1. The first-order valence-electron chi connectivity index (χ1n) is 11.9. The van der Waals surface area contributed by atoms with Crippen LogP contribution >= 0.6 is 0 Å². The number of nitrogens with zero attached hydrogens (tertiary/aromatic N) is 2. The molecule has 1 unspecified atom stereocenters. The van der Waals surface area contributed by atoms with Crippen molar-refractivity contribution < 1.29 is 9.68 Å². The van der Waals surface area contributed by atoms with E-state index in [0.29, 0.717) is 5.75 Å². The number of fused-ring (bicyclic) bond motifs is 3. The summed E-state index contributed by atoms with van der Waals surface area (Å²) in [5.74, 6) is 0.315. The van der Waals surface area contributed by atoms with E-state index in [4.69, 9.17) is 0 Å². The van der Waals surface area contributed by atoms with Gasteiger partial charge in [-0.15, -0.1) is 0 Å². The maximum absolute atomic E-state index is 10.7. The van der Waals surface area contributed by atoms with E-state index in [1.54, 1.807) is 0 Å². The average molecular weight is 440 g/mol. The first-order chi connectivity index (χ1) is 15.9. The Labute approximate surface area is 198 Å². The van der Waals surface area contributed by atoms with E-state index < -0.39 is 0 Å². The van der Waals surface area contributed by atoms with Crippen molar-refractivity contribution in [3.05, 3.63) is 84.0 Å². The second-order valence-corrected chi connectivity index (χ2v) is 8.98. The van der Waals surface area contributed by atoms with Crippen LogP contribution in [-0.2, 0) is 5.41 Å².